The van der Waals surface area contributed by atoms with Crippen LogP contribution in [0.4, 0.5) is 13.2 Å². The summed E-state index contributed by atoms with van der Waals surface area (Å²) in [4.78, 5) is 14.2. The molecule has 0 aliphatic heterocycles. The van der Waals surface area contributed by atoms with Crippen molar-refractivity contribution >= 4 is 17.2 Å². The van der Waals surface area contributed by atoms with Crippen LogP contribution in [0, 0.1) is 13.8 Å². The summed E-state index contributed by atoms with van der Waals surface area (Å²) in [6.07, 6.45) is -3.80. The second-order valence-corrected chi connectivity index (χ2v) is 6.87. The van der Waals surface area contributed by atoms with Crippen molar-refractivity contribution < 1.29 is 22.7 Å². The SMILES string of the molecule is Cc1cc(CC(=O)NCCc2ccc(OC(F)(F)F)cc2)c(C)s1. The van der Waals surface area contributed by atoms with Crippen LogP contribution in [0.15, 0.2) is 30.3 Å². The van der Waals surface area contributed by atoms with Crippen molar-refractivity contribution in [2.24, 2.45) is 0 Å². The number of nitrogens with one attached hydrogen (secondary N) is 1. The van der Waals surface area contributed by atoms with Crippen LogP contribution in [0.1, 0.15) is 20.9 Å². The number of thiophene rings is 1. The highest BCUT2D eigenvalue weighted by Crippen LogP contribution is 2.23. The molecule has 0 atom stereocenters. The Morgan fingerprint density at radius 3 is 2.42 bits per heavy atom. The summed E-state index contributed by atoms with van der Waals surface area (Å²) in [6.45, 7) is 4.43. The number of benzene rings is 1. The first-order chi connectivity index (χ1) is 11.2. The summed E-state index contributed by atoms with van der Waals surface area (Å²) in [5, 5.41) is 2.82. The second kappa shape index (κ2) is 7.70. The first kappa shape index (κ1) is 18.3. The van der Waals surface area contributed by atoms with Crippen molar-refractivity contribution in [1.29, 1.82) is 0 Å². The molecule has 0 aliphatic rings. The molecule has 2 rings (SSSR count). The third-order valence-electron chi connectivity index (χ3n) is 3.39. The Bertz CT molecular complexity index is 693. The lowest BCUT2D eigenvalue weighted by Gasteiger charge is -2.09. The van der Waals surface area contributed by atoms with Crippen LogP contribution < -0.4 is 10.1 Å². The van der Waals surface area contributed by atoms with Gasteiger partial charge in [0.2, 0.25) is 5.91 Å². The Labute approximate surface area is 142 Å². The van der Waals surface area contributed by atoms with Gasteiger partial charge in [-0.3, -0.25) is 4.79 Å². The smallest absolute Gasteiger partial charge is 0.406 e. The minimum atomic E-state index is -4.69. The summed E-state index contributed by atoms with van der Waals surface area (Å²) < 4.78 is 40.0. The van der Waals surface area contributed by atoms with E-state index < -0.39 is 6.36 Å². The van der Waals surface area contributed by atoms with Crippen LogP contribution in [0.2, 0.25) is 0 Å². The molecule has 0 saturated carbocycles. The topological polar surface area (TPSA) is 38.3 Å². The van der Waals surface area contributed by atoms with Gasteiger partial charge in [0.15, 0.2) is 0 Å². The van der Waals surface area contributed by atoms with Crippen LogP contribution in [0.5, 0.6) is 5.75 Å². The first-order valence-corrected chi connectivity index (χ1v) is 8.22. The average Bonchev–Trinajstić information content (AvgIpc) is 2.77. The molecule has 0 radical (unpaired) electrons. The lowest BCUT2D eigenvalue weighted by Crippen LogP contribution is -2.27. The summed E-state index contributed by atoms with van der Waals surface area (Å²) in [7, 11) is 0. The second-order valence-electron chi connectivity index (χ2n) is 5.41. The largest absolute Gasteiger partial charge is 0.573 e. The van der Waals surface area contributed by atoms with E-state index in [1.165, 1.54) is 17.0 Å². The van der Waals surface area contributed by atoms with Crippen molar-refractivity contribution in [3.05, 3.63) is 51.2 Å². The third-order valence-corrected chi connectivity index (χ3v) is 4.40. The van der Waals surface area contributed by atoms with Gasteiger partial charge in [0.25, 0.3) is 0 Å². The van der Waals surface area contributed by atoms with Crippen LogP contribution in [-0.2, 0) is 17.6 Å². The zero-order chi connectivity index (χ0) is 17.7. The number of carbonyl (C=O) groups is 1. The molecule has 0 spiro atoms. The summed E-state index contributed by atoms with van der Waals surface area (Å²) in [5.41, 5.74) is 1.86. The van der Waals surface area contributed by atoms with E-state index in [1.54, 1.807) is 23.5 Å². The standard InChI is InChI=1S/C17H18F3NO2S/c1-11-9-14(12(2)24-11)10-16(22)21-8-7-13-3-5-15(6-4-13)23-17(18,19)20/h3-6,9H,7-8,10H2,1-2H3,(H,21,22). The van der Waals surface area contributed by atoms with E-state index in [2.05, 4.69) is 10.1 Å². The molecule has 7 heteroatoms. The van der Waals surface area contributed by atoms with Gasteiger partial charge in [0.05, 0.1) is 6.42 Å². The molecule has 0 aliphatic carbocycles. The molecule has 0 saturated heterocycles. The molecule has 0 unspecified atom stereocenters. The van der Waals surface area contributed by atoms with Gasteiger partial charge in [-0.05, 0) is 49.6 Å². The Morgan fingerprint density at radius 2 is 1.88 bits per heavy atom. The first-order valence-electron chi connectivity index (χ1n) is 7.40. The normalized spacial score (nSPS) is 11.4. The maximum absolute atomic E-state index is 12.1. The van der Waals surface area contributed by atoms with E-state index in [1.807, 2.05) is 19.9 Å². The number of ether oxygens (including phenoxy) is 1. The highest BCUT2D eigenvalue weighted by atomic mass is 32.1. The van der Waals surface area contributed by atoms with Crippen LogP contribution in [-0.4, -0.2) is 18.8 Å². The van der Waals surface area contributed by atoms with Crippen molar-refractivity contribution in [2.45, 2.75) is 33.1 Å². The molecule has 1 heterocycles. The number of hydrogen-bond donors (Lipinski definition) is 1. The molecule has 1 aromatic carbocycles. The molecular weight excluding hydrogens is 339 g/mol. The highest BCUT2D eigenvalue weighted by molar-refractivity contribution is 7.12. The lowest BCUT2D eigenvalue weighted by atomic mass is 10.1. The minimum absolute atomic E-state index is 0.0621. The summed E-state index contributed by atoms with van der Waals surface area (Å²) in [5.74, 6) is -0.313. The Kier molecular flexibility index (Phi) is 5.88. The molecule has 0 bridgehead atoms. The van der Waals surface area contributed by atoms with Gasteiger partial charge < -0.3 is 10.1 Å². The Hall–Kier alpha value is -2.02. The number of amides is 1. The fourth-order valence-corrected chi connectivity index (χ4v) is 3.24. The van der Waals surface area contributed by atoms with E-state index >= 15 is 0 Å². The van der Waals surface area contributed by atoms with Gasteiger partial charge in [-0.25, -0.2) is 0 Å². The molecule has 1 amide bonds. The predicted molar refractivity (Wildman–Crippen MR) is 87.3 cm³/mol. The van der Waals surface area contributed by atoms with Gasteiger partial charge in [0.1, 0.15) is 5.75 Å². The average molecular weight is 357 g/mol. The number of alkyl halides is 3. The van der Waals surface area contributed by atoms with Gasteiger partial charge in [-0.2, -0.15) is 0 Å². The van der Waals surface area contributed by atoms with E-state index in [9.17, 15) is 18.0 Å². The van der Waals surface area contributed by atoms with Crippen molar-refractivity contribution in [3.63, 3.8) is 0 Å². The van der Waals surface area contributed by atoms with Crippen LogP contribution >= 0.6 is 11.3 Å². The zero-order valence-electron chi connectivity index (χ0n) is 13.4. The fraction of sp³-hybridized carbons (Fsp3) is 0.353. The number of halogens is 3. The number of hydrogen-bond acceptors (Lipinski definition) is 3. The lowest BCUT2D eigenvalue weighted by molar-refractivity contribution is -0.274. The Morgan fingerprint density at radius 1 is 1.21 bits per heavy atom. The molecule has 130 valence electrons. The number of rotatable bonds is 6. The fourth-order valence-electron chi connectivity index (χ4n) is 2.30. The summed E-state index contributed by atoms with van der Waals surface area (Å²) in [6, 6.07) is 7.66. The monoisotopic (exact) mass is 357 g/mol. The summed E-state index contributed by atoms with van der Waals surface area (Å²) >= 11 is 1.67. The maximum Gasteiger partial charge on any atom is 0.573 e. The van der Waals surface area contributed by atoms with Gasteiger partial charge in [0, 0.05) is 16.3 Å². The van der Waals surface area contributed by atoms with Gasteiger partial charge >= 0.3 is 6.36 Å². The molecule has 2 aromatic rings. The van der Waals surface area contributed by atoms with E-state index in [0.717, 1.165) is 16.0 Å². The number of aryl methyl sites for hydroxylation is 2. The van der Waals surface area contributed by atoms with E-state index in [4.69, 9.17) is 0 Å². The maximum atomic E-state index is 12.1. The van der Waals surface area contributed by atoms with Crippen molar-refractivity contribution in [1.82, 2.24) is 5.32 Å². The van der Waals surface area contributed by atoms with Crippen molar-refractivity contribution in [2.75, 3.05) is 6.54 Å². The van der Waals surface area contributed by atoms with Crippen molar-refractivity contribution in [3.8, 4) is 5.75 Å². The van der Waals surface area contributed by atoms with E-state index in [0.29, 0.717) is 19.4 Å². The van der Waals surface area contributed by atoms with Crippen LogP contribution in [0.25, 0.3) is 0 Å². The van der Waals surface area contributed by atoms with E-state index in [-0.39, 0.29) is 11.7 Å². The molecule has 24 heavy (non-hydrogen) atoms. The molecule has 1 N–H and O–H groups in total. The predicted octanol–water partition coefficient (Wildman–Crippen LogP) is 4.16. The molecular formula is C17H18F3NO2S. The van der Waals surface area contributed by atoms with Gasteiger partial charge in [-0.1, -0.05) is 12.1 Å². The molecule has 0 fully saturated rings. The minimum Gasteiger partial charge on any atom is -0.406 e. The number of carbonyl (C=O) groups excluding carboxylic acids is 1. The third kappa shape index (κ3) is 5.88. The zero-order valence-corrected chi connectivity index (χ0v) is 14.2. The molecule has 1 aromatic heterocycles. The van der Waals surface area contributed by atoms with Crippen LogP contribution in [0.3, 0.4) is 0 Å². The quantitative estimate of drug-likeness (QED) is 0.843. The highest BCUT2D eigenvalue weighted by Gasteiger charge is 2.30. The molecule has 3 nitrogen and oxygen atoms in total. The Balaban J connectivity index is 1.77. The van der Waals surface area contributed by atoms with Gasteiger partial charge in [-0.15, -0.1) is 24.5 Å².